The number of halogens is 1. The number of carbonyl (C=O) groups excluding carboxylic acids is 1. The topological polar surface area (TPSA) is 87.5 Å². The number of anilines is 1. The number of benzene rings is 1. The molecule has 0 bridgehead atoms. The average molecular weight is 393 g/mol. The molecule has 1 aliphatic rings. The van der Waals surface area contributed by atoms with Gasteiger partial charge in [-0.05, 0) is 18.1 Å². The van der Waals surface area contributed by atoms with Crippen LogP contribution in [0.5, 0.6) is 0 Å². The van der Waals surface area contributed by atoms with Crippen molar-refractivity contribution in [1.82, 2.24) is 14.7 Å². The summed E-state index contributed by atoms with van der Waals surface area (Å²) in [6.07, 6.45) is 2.11. The Labute approximate surface area is 147 Å². The first kappa shape index (κ1) is 16.5. The van der Waals surface area contributed by atoms with E-state index in [0.29, 0.717) is 25.3 Å². The van der Waals surface area contributed by atoms with E-state index >= 15 is 0 Å². The molecule has 1 saturated heterocycles. The second-order valence-electron chi connectivity index (χ2n) is 5.67. The Morgan fingerprint density at radius 1 is 1.33 bits per heavy atom. The van der Waals surface area contributed by atoms with Crippen molar-refractivity contribution in [3.05, 3.63) is 46.6 Å². The van der Waals surface area contributed by atoms with Crippen LogP contribution in [0.15, 0.2) is 41.0 Å². The number of aliphatic carboxylic acids is 1. The third-order valence-corrected chi connectivity index (χ3v) is 4.83. The van der Waals surface area contributed by atoms with Gasteiger partial charge < -0.3 is 10.0 Å². The maximum atomic E-state index is 12.3. The number of nitrogens with one attached hydrogen (secondary N) is 1. The smallest absolute Gasteiger partial charge is 0.323 e. The molecule has 0 aliphatic carbocycles. The predicted molar refractivity (Wildman–Crippen MR) is 91.8 cm³/mol. The van der Waals surface area contributed by atoms with E-state index in [0.717, 1.165) is 10.0 Å². The largest absolute Gasteiger partial charge is 0.481 e. The van der Waals surface area contributed by atoms with Crippen molar-refractivity contribution in [2.75, 3.05) is 18.4 Å². The summed E-state index contributed by atoms with van der Waals surface area (Å²) in [5, 5.41) is 16.1. The van der Waals surface area contributed by atoms with Crippen molar-refractivity contribution in [2.45, 2.75) is 13.0 Å². The van der Waals surface area contributed by atoms with Gasteiger partial charge in [0.2, 0.25) is 0 Å². The molecule has 2 aromatic rings. The van der Waals surface area contributed by atoms with Crippen LogP contribution in [0.4, 0.5) is 10.6 Å². The van der Waals surface area contributed by atoms with Gasteiger partial charge in [-0.1, -0.05) is 34.1 Å². The average Bonchev–Trinajstić information content (AvgIpc) is 3.19. The maximum absolute atomic E-state index is 12.3. The monoisotopic (exact) mass is 392 g/mol. The van der Waals surface area contributed by atoms with E-state index in [-0.39, 0.29) is 12.6 Å². The van der Waals surface area contributed by atoms with E-state index in [9.17, 15) is 9.59 Å². The lowest BCUT2D eigenvalue weighted by Gasteiger charge is -2.17. The zero-order valence-electron chi connectivity index (χ0n) is 12.9. The Morgan fingerprint density at radius 3 is 2.83 bits per heavy atom. The van der Waals surface area contributed by atoms with Gasteiger partial charge in [-0.3, -0.25) is 10.1 Å². The van der Waals surface area contributed by atoms with E-state index in [4.69, 9.17) is 5.11 Å². The third kappa shape index (κ3) is 3.59. The Bertz CT molecular complexity index is 761. The summed E-state index contributed by atoms with van der Waals surface area (Å²) >= 11 is 3.50. The minimum atomic E-state index is -0.857. The summed E-state index contributed by atoms with van der Waals surface area (Å²) in [5.41, 5.74) is 1.05. The van der Waals surface area contributed by atoms with Crippen LogP contribution >= 0.6 is 15.9 Å². The van der Waals surface area contributed by atoms with Crippen molar-refractivity contribution in [1.29, 1.82) is 0 Å². The van der Waals surface area contributed by atoms with Gasteiger partial charge in [-0.25, -0.2) is 9.48 Å². The molecular formula is C16H17BrN4O3. The fourth-order valence-corrected chi connectivity index (χ4v) is 3.10. The van der Waals surface area contributed by atoms with Crippen molar-refractivity contribution in [3.63, 3.8) is 0 Å². The number of hydrogen-bond donors (Lipinski definition) is 2. The van der Waals surface area contributed by atoms with Gasteiger partial charge in [0.15, 0.2) is 0 Å². The first-order chi connectivity index (χ1) is 11.5. The van der Waals surface area contributed by atoms with Crippen molar-refractivity contribution < 1.29 is 14.7 Å². The lowest BCUT2D eigenvalue weighted by atomic mass is 10.1. The summed E-state index contributed by atoms with van der Waals surface area (Å²) in [4.78, 5) is 24.8. The van der Waals surface area contributed by atoms with E-state index in [1.54, 1.807) is 16.9 Å². The zero-order valence-corrected chi connectivity index (χ0v) is 14.4. The summed E-state index contributed by atoms with van der Waals surface area (Å²) in [7, 11) is 0. The van der Waals surface area contributed by atoms with Crippen LogP contribution < -0.4 is 5.32 Å². The van der Waals surface area contributed by atoms with Crippen molar-refractivity contribution in [3.8, 4) is 0 Å². The van der Waals surface area contributed by atoms with Crippen LogP contribution in [0.1, 0.15) is 12.0 Å². The van der Waals surface area contributed by atoms with E-state index in [2.05, 4.69) is 26.3 Å². The summed E-state index contributed by atoms with van der Waals surface area (Å²) < 4.78 is 2.67. The number of aromatic nitrogens is 2. The van der Waals surface area contributed by atoms with Gasteiger partial charge in [0.1, 0.15) is 5.82 Å². The van der Waals surface area contributed by atoms with Gasteiger partial charge in [0.25, 0.3) is 0 Å². The van der Waals surface area contributed by atoms with Crippen LogP contribution in [0.2, 0.25) is 0 Å². The number of amides is 2. The number of likely N-dealkylation sites (tertiary alicyclic amines) is 1. The molecule has 0 spiro atoms. The Kier molecular flexibility index (Phi) is 4.84. The molecule has 1 aromatic carbocycles. The summed E-state index contributed by atoms with van der Waals surface area (Å²) in [6, 6.07) is 9.24. The van der Waals surface area contributed by atoms with Crippen LogP contribution in [-0.4, -0.2) is 44.9 Å². The molecule has 1 fully saturated rings. The van der Waals surface area contributed by atoms with Crippen LogP contribution in [-0.2, 0) is 11.3 Å². The molecule has 2 heterocycles. The second kappa shape index (κ2) is 7.04. The molecule has 1 aliphatic heterocycles. The number of urea groups is 1. The minimum absolute atomic E-state index is 0.236. The molecule has 1 atom stereocenters. The third-order valence-electron chi connectivity index (χ3n) is 4.05. The molecule has 3 rings (SSSR count). The van der Waals surface area contributed by atoms with Crippen molar-refractivity contribution in [2.24, 2.45) is 5.92 Å². The fraction of sp³-hybridized carbons (Fsp3) is 0.312. The quantitative estimate of drug-likeness (QED) is 0.836. The van der Waals surface area contributed by atoms with Crippen LogP contribution in [0, 0.1) is 5.92 Å². The first-order valence-corrected chi connectivity index (χ1v) is 8.38. The molecule has 7 nitrogen and oxygen atoms in total. The van der Waals surface area contributed by atoms with Crippen LogP contribution in [0.3, 0.4) is 0 Å². The standard InChI is InChI=1S/C16H17BrN4O3/c17-13-4-2-1-3-11(13)10-21-14(5-7-18-21)19-16(24)20-8-6-12(9-20)15(22)23/h1-5,7,12H,6,8-10H2,(H,19,24)(H,22,23). The Balaban J connectivity index is 1.67. The number of hydrogen-bond acceptors (Lipinski definition) is 3. The van der Waals surface area contributed by atoms with Crippen LogP contribution in [0.25, 0.3) is 0 Å². The molecule has 1 unspecified atom stereocenters. The highest BCUT2D eigenvalue weighted by atomic mass is 79.9. The second-order valence-corrected chi connectivity index (χ2v) is 6.52. The highest BCUT2D eigenvalue weighted by Crippen LogP contribution is 2.20. The maximum Gasteiger partial charge on any atom is 0.323 e. The molecule has 1 aromatic heterocycles. The number of rotatable bonds is 4. The molecular weight excluding hydrogens is 376 g/mol. The molecule has 2 amide bonds. The lowest BCUT2D eigenvalue weighted by molar-refractivity contribution is -0.141. The highest BCUT2D eigenvalue weighted by molar-refractivity contribution is 9.10. The lowest BCUT2D eigenvalue weighted by Crippen LogP contribution is -2.34. The van der Waals surface area contributed by atoms with E-state index < -0.39 is 11.9 Å². The molecule has 8 heteroatoms. The summed E-state index contributed by atoms with van der Waals surface area (Å²) in [5.74, 6) is -0.764. The molecule has 2 N–H and O–H groups in total. The minimum Gasteiger partial charge on any atom is -0.481 e. The SMILES string of the molecule is O=C(O)C1CCN(C(=O)Nc2ccnn2Cc2ccccc2Br)C1. The van der Waals surface area contributed by atoms with E-state index in [1.165, 1.54) is 4.90 Å². The number of carbonyl (C=O) groups is 2. The predicted octanol–water partition coefficient (Wildman–Crippen LogP) is 2.63. The van der Waals surface area contributed by atoms with Gasteiger partial charge in [0.05, 0.1) is 18.7 Å². The van der Waals surface area contributed by atoms with Gasteiger partial charge in [0, 0.05) is 23.6 Å². The fourth-order valence-electron chi connectivity index (χ4n) is 2.69. The Morgan fingerprint density at radius 2 is 2.12 bits per heavy atom. The summed E-state index contributed by atoms with van der Waals surface area (Å²) in [6.45, 7) is 1.20. The van der Waals surface area contributed by atoms with Gasteiger partial charge in [-0.15, -0.1) is 0 Å². The molecule has 24 heavy (non-hydrogen) atoms. The zero-order chi connectivity index (χ0) is 17.1. The molecule has 126 valence electrons. The highest BCUT2D eigenvalue weighted by Gasteiger charge is 2.31. The van der Waals surface area contributed by atoms with Gasteiger partial charge in [-0.2, -0.15) is 5.10 Å². The number of carboxylic acid groups (broad SMARTS) is 1. The molecule has 0 saturated carbocycles. The van der Waals surface area contributed by atoms with Crippen molar-refractivity contribution >= 4 is 33.7 Å². The normalized spacial score (nSPS) is 17.0. The first-order valence-electron chi connectivity index (χ1n) is 7.58. The van der Waals surface area contributed by atoms with Gasteiger partial charge >= 0.3 is 12.0 Å². The Hall–Kier alpha value is -2.35. The van der Waals surface area contributed by atoms with E-state index in [1.807, 2.05) is 24.3 Å². The number of nitrogens with zero attached hydrogens (tertiary/aromatic N) is 3. The number of carboxylic acids is 1. The molecule has 0 radical (unpaired) electrons.